The van der Waals surface area contributed by atoms with E-state index < -0.39 is 24.4 Å². The zero-order valence-electron chi connectivity index (χ0n) is 11.9. The van der Waals surface area contributed by atoms with Gasteiger partial charge in [-0.25, -0.2) is 4.79 Å². The topological polar surface area (TPSA) is 98.5 Å². The summed E-state index contributed by atoms with van der Waals surface area (Å²) in [6, 6.07) is 12.1. The minimum atomic E-state index is -0.674. The minimum Gasteiger partial charge on any atom is -0.452 e. The van der Waals surface area contributed by atoms with Gasteiger partial charge in [-0.1, -0.05) is 11.6 Å². The molecule has 0 unspecified atom stereocenters. The Hall–Kier alpha value is -2.86. The maximum atomic E-state index is 11.8. The van der Waals surface area contributed by atoms with Crippen LogP contribution in [0.15, 0.2) is 48.5 Å². The van der Waals surface area contributed by atoms with Gasteiger partial charge in [-0.3, -0.25) is 9.59 Å². The highest BCUT2D eigenvalue weighted by Crippen LogP contribution is 2.13. The van der Waals surface area contributed by atoms with Gasteiger partial charge >= 0.3 is 5.97 Å². The number of primary amides is 1. The zero-order chi connectivity index (χ0) is 16.8. The van der Waals surface area contributed by atoms with Crippen LogP contribution in [0.2, 0.25) is 5.02 Å². The molecule has 0 spiro atoms. The van der Waals surface area contributed by atoms with E-state index in [1.54, 1.807) is 24.3 Å². The number of ether oxygens (including phenoxy) is 1. The third kappa shape index (κ3) is 4.82. The number of nitrogens with one attached hydrogen (secondary N) is 1. The van der Waals surface area contributed by atoms with Gasteiger partial charge in [-0.05, 0) is 48.5 Å². The van der Waals surface area contributed by atoms with Crippen molar-refractivity contribution in [1.29, 1.82) is 0 Å². The molecule has 118 valence electrons. The van der Waals surface area contributed by atoms with Gasteiger partial charge in [0, 0.05) is 16.3 Å². The number of halogens is 1. The molecule has 0 aliphatic carbocycles. The van der Waals surface area contributed by atoms with E-state index in [9.17, 15) is 14.4 Å². The molecule has 0 heterocycles. The van der Waals surface area contributed by atoms with E-state index in [-0.39, 0.29) is 11.1 Å². The fourth-order valence-electron chi connectivity index (χ4n) is 1.72. The van der Waals surface area contributed by atoms with Crippen LogP contribution in [0.1, 0.15) is 20.7 Å². The second-order valence-electron chi connectivity index (χ2n) is 4.57. The first kappa shape index (κ1) is 16.5. The second-order valence-corrected chi connectivity index (χ2v) is 5.01. The summed E-state index contributed by atoms with van der Waals surface area (Å²) in [5.41, 5.74) is 6.14. The van der Waals surface area contributed by atoms with E-state index in [1.165, 1.54) is 24.3 Å². The molecule has 0 aliphatic rings. The molecule has 0 aliphatic heterocycles. The van der Waals surface area contributed by atoms with Gasteiger partial charge in [0.2, 0.25) is 5.91 Å². The lowest BCUT2D eigenvalue weighted by molar-refractivity contribution is -0.119. The summed E-state index contributed by atoms with van der Waals surface area (Å²) in [7, 11) is 0. The molecule has 0 fully saturated rings. The molecular formula is C16H13ClN2O4. The van der Waals surface area contributed by atoms with Crippen molar-refractivity contribution in [3.63, 3.8) is 0 Å². The van der Waals surface area contributed by atoms with Gasteiger partial charge < -0.3 is 15.8 Å². The monoisotopic (exact) mass is 332 g/mol. The standard InChI is InChI=1S/C16H13ClN2O4/c17-12-5-7-13(8-6-12)19-14(20)9-23-16(22)11-3-1-10(2-4-11)15(18)21/h1-8H,9H2,(H2,18,21)(H,19,20). The number of carbonyl (C=O) groups is 3. The van der Waals surface area contributed by atoms with Crippen molar-refractivity contribution >= 4 is 35.1 Å². The zero-order valence-corrected chi connectivity index (χ0v) is 12.7. The third-order valence-electron chi connectivity index (χ3n) is 2.87. The number of nitrogens with two attached hydrogens (primary N) is 1. The number of hydrogen-bond donors (Lipinski definition) is 2. The number of benzene rings is 2. The SMILES string of the molecule is NC(=O)c1ccc(C(=O)OCC(=O)Nc2ccc(Cl)cc2)cc1. The van der Waals surface area contributed by atoms with E-state index in [1.807, 2.05) is 0 Å². The number of rotatable bonds is 5. The predicted octanol–water partition coefficient (Wildman–Crippen LogP) is 2.23. The summed E-state index contributed by atoms with van der Waals surface area (Å²) in [6.45, 7) is -0.432. The summed E-state index contributed by atoms with van der Waals surface area (Å²) >= 11 is 5.74. The van der Waals surface area contributed by atoms with Crippen LogP contribution in [0.5, 0.6) is 0 Å². The molecule has 0 bridgehead atoms. The Bertz CT molecular complexity index is 727. The first-order valence-corrected chi connectivity index (χ1v) is 6.96. The maximum absolute atomic E-state index is 11.8. The quantitative estimate of drug-likeness (QED) is 0.820. The van der Waals surface area contributed by atoms with Crippen molar-refractivity contribution in [3.05, 3.63) is 64.7 Å². The maximum Gasteiger partial charge on any atom is 0.338 e. The average Bonchev–Trinajstić information content (AvgIpc) is 2.55. The lowest BCUT2D eigenvalue weighted by Crippen LogP contribution is -2.21. The van der Waals surface area contributed by atoms with Crippen LogP contribution in [-0.2, 0) is 9.53 Å². The lowest BCUT2D eigenvalue weighted by atomic mass is 10.1. The van der Waals surface area contributed by atoms with Crippen LogP contribution in [0, 0.1) is 0 Å². The number of esters is 1. The second kappa shape index (κ2) is 7.42. The Morgan fingerprint density at radius 1 is 0.957 bits per heavy atom. The first-order valence-electron chi connectivity index (χ1n) is 6.58. The van der Waals surface area contributed by atoms with E-state index in [2.05, 4.69) is 5.32 Å². The van der Waals surface area contributed by atoms with Gasteiger partial charge in [-0.2, -0.15) is 0 Å². The first-order chi connectivity index (χ1) is 11.0. The fourth-order valence-corrected chi connectivity index (χ4v) is 1.84. The molecule has 7 heteroatoms. The Morgan fingerprint density at radius 2 is 1.52 bits per heavy atom. The number of hydrogen-bond acceptors (Lipinski definition) is 4. The van der Waals surface area contributed by atoms with Crippen LogP contribution in [0.3, 0.4) is 0 Å². The number of anilines is 1. The highest BCUT2D eigenvalue weighted by molar-refractivity contribution is 6.30. The molecule has 0 atom stereocenters. The Kier molecular flexibility index (Phi) is 5.32. The van der Waals surface area contributed by atoms with Gasteiger partial charge in [0.15, 0.2) is 6.61 Å². The highest BCUT2D eigenvalue weighted by Gasteiger charge is 2.11. The molecule has 0 saturated carbocycles. The van der Waals surface area contributed by atoms with Gasteiger partial charge in [0.1, 0.15) is 0 Å². The Morgan fingerprint density at radius 3 is 2.09 bits per heavy atom. The Labute approximate surface area is 137 Å². The van der Waals surface area contributed by atoms with Crippen LogP contribution in [0.4, 0.5) is 5.69 Å². The summed E-state index contributed by atoms with van der Waals surface area (Å²) in [5.74, 6) is -1.74. The third-order valence-corrected chi connectivity index (χ3v) is 3.12. The summed E-state index contributed by atoms with van der Waals surface area (Å²) < 4.78 is 4.89. The van der Waals surface area contributed by atoms with Crippen molar-refractivity contribution in [3.8, 4) is 0 Å². The normalized spacial score (nSPS) is 9.96. The molecule has 0 saturated heterocycles. The summed E-state index contributed by atoms with van der Waals surface area (Å²) in [4.78, 5) is 34.4. The van der Waals surface area contributed by atoms with Crippen LogP contribution >= 0.6 is 11.6 Å². The van der Waals surface area contributed by atoms with Crippen LogP contribution < -0.4 is 11.1 Å². The van der Waals surface area contributed by atoms with Crippen LogP contribution in [-0.4, -0.2) is 24.4 Å². The Balaban J connectivity index is 1.87. The van der Waals surface area contributed by atoms with E-state index in [0.29, 0.717) is 10.7 Å². The van der Waals surface area contributed by atoms with E-state index in [4.69, 9.17) is 22.1 Å². The van der Waals surface area contributed by atoms with Crippen molar-refractivity contribution in [1.82, 2.24) is 0 Å². The molecule has 2 rings (SSSR count). The van der Waals surface area contributed by atoms with Gasteiger partial charge in [0.25, 0.3) is 5.91 Å². The molecule has 3 N–H and O–H groups in total. The molecule has 23 heavy (non-hydrogen) atoms. The van der Waals surface area contributed by atoms with Crippen molar-refractivity contribution in [2.45, 2.75) is 0 Å². The van der Waals surface area contributed by atoms with Crippen molar-refractivity contribution in [2.75, 3.05) is 11.9 Å². The predicted molar refractivity (Wildman–Crippen MR) is 85.3 cm³/mol. The number of carbonyl (C=O) groups excluding carboxylic acids is 3. The number of amides is 2. The molecule has 0 aromatic heterocycles. The molecule has 2 amide bonds. The van der Waals surface area contributed by atoms with Crippen molar-refractivity contribution < 1.29 is 19.1 Å². The smallest absolute Gasteiger partial charge is 0.338 e. The summed E-state index contributed by atoms with van der Waals surface area (Å²) in [6.07, 6.45) is 0. The minimum absolute atomic E-state index is 0.217. The van der Waals surface area contributed by atoms with E-state index >= 15 is 0 Å². The molecular weight excluding hydrogens is 320 g/mol. The lowest BCUT2D eigenvalue weighted by Gasteiger charge is -2.07. The average molecular weight is 333 g/mol. The van der Waals surface area contributed by atoms with Gasteiger partial charge in [-0.15, -0.1) is 0 Å². The largest absolute Gasteiger partial charge is 0.452 e. The molecule has 0 radical (unpaired) electrons. The molecule has 6 nitrogen and oxygen atoms in total. The summed E-state index contributed by atoms with van der Waals surface area (Å²) in [5, 5.41) is 3.11. The van der Waals surface area contributed by atoms with Crippen molar-refractivity contribution in [2.24, 2.45) is 5.73 Å². The highest BCUT2D eigenvalue weighted by atomic mass is 35.5. The van der Waals surface area contributed by atoms with Gasteiger partial charge in [0.05, 0.1) is 5.56 Å². The van der Waals surface area contributed by atoms with Crippen LogP contribution in [0.25, 0.3) is 0 Å². The molecule has 2 aromatic rings. The fraction of sp³-hybridized carbons (Fsp3) is 0.0625. The van der Waals surface area contributed by atoms with E-state index in [0.717, 1.165) is 0 Å². The molecule has 2 aromatic carbocycles.